The fourth-order valence-electron chi connectivity index (χ4n) is 2.00. The summed E-state index contributed by atoms with van der Waals surface area (Å²) < 4.78 is 6.06. The first-order valence-corrected chi connectivity index (χ1v) is 7.01. The van der Waals surface area contributed by atoms with Gasteiger partial charge in [-0.3, -0.25) is 0 Å². The Kier molecular flexibility index (Phi) is 4.70. The molecule has 0 aliphatic carbocycles. The zero-order chi connectivity index (χ0) is 15.4. The normalized spacial score (nSPS) is 11.3. The second-order valence-corrected chi connectivity index (χ2v) is 5.32. The molecule has 0 unspecified atom stereocenters. The third-order valence-corrected chi connectivity index (χ3v) is 3.66. The standard InChI is InChI=1S/C15H16BrN3O2/c1-19(11-4-6-12(21-2)7-5-11)14-9-10(16)3-8-13(14)15(17)18-20/h3-9,20H,1-2H3,(H2,17,18). The molecular weight excluding hydrogens is 334 g/mol. The van der Waals surface area contributed by atoms with E-state index in [2.05, 4.69) is 21.1 Å². The molecular formula is C15H16BrN3O2. The van der Waals surface area contributed by atoms with Gasteiger partial charge in [-0.1, -0.05) is 21.1 Å². The van der Waals surface area contributed by atoms with Crippen LogP contribution in [0.25, 0.3) is 0 Å². The van der Waals surface area contributed by atoms with E-state index in [0.29, 0.717) is 5.56 Å². The predicted octanol–water partition coefficient (Wildman–Crippen LogP) is 3.32. The Morgan fingerprint density at radius 3 is 2.48 bits per heavy atom. The highest BCUT2D eigenvalue weighted by Crippen LogP contribution is 2.30. The Balaban J connectivity index is 2.46. The number of halogens is 1. The van der Waals surface area contributed by atoms with Gasteiger partial charge >= 0.3 is 0 Å². The summed E-state index contributed by atoms with van der Waals surface area (Å²) in [4.78, 5) is 1.96. The highest BCUT2D eigenvalue weighted by Gasteiger charge is 2.13. The van der Waals surface area contributed by atoms with E-state index in [1.54, 1.807) is 13.2 Å². The minimum Gasteiger partial charge on any atom is -0.497 e. The Morgan fingerprint density at radius 1 is 1.24 bits per heavy atom. The molecule has 2 aromatic carbocycles. The number of hydrogen-bond donors (Lipinski definition) is 2. The summed E-state index contributed by atoms with van der Waals surface area (Å²) in [6, 6.07) is 13.2. The second-order valence-electron chi connectivity index (χ2n) is 4.40. The molecule has 110 valence electrons. The van der Waals surface area contributed by atoms with Crippen molar-refractivity contribution in [1.29, 1.82) is 0 Å². The number of ether oxygens (including phenoxy) is 1. The van der Waals surface area contributed by atoms with Crippen molar-refractivity contribution in [2.75, 3.05) is 19.1 Å². The maximum atomic E-state index is 8.92. The molecule has 0 heterocycles. The molecule has 3 N–H and O–H groups in total. The lowest BCUT2D eigenvalue weighted by atomic mass is 10.1. The Morgan fingerprint density at radius 2 is 1.90 bits per heavy atom. The van der Waals surface area contributed by atoms with Crippen LogP contribution in [0.2, 0.25) is 0 Å². The number of rotatable bonds is 4. The van der Waals surface area contributed by atoms with Gasteiger partial charge in [0.15, 0.2) is 5.84 Å². The van der Waals surface area contributed by atoms with Crippen LogP contribution in [0.4, 0.5) is 11.4 Å². The first kappa shape index (κ1) is 15.2. The first-order chi connectivity index (χ1) is 10.1. The van der Waals surface area contributed by atoms with E-state index in [-0.39, 0.29) is 5.84 Å². The lowest BCUT2D eigenvalue weighted by Crippen LogP contribution is -2.19. The molecule has 0 radical (unpaired) electrons. The van der Waals surface area contributed by atoms with Gasteiger partial charge in [-0.15, -0.1) is 0 Å². The van der Waals surface area contributed by atoms with Crippen LogP contribution in [0.15, 0.2) is 52.1 Å². The van der Waals surface area contributed by atoms with E-state index in [1.807, 2.05) is 48.3 Å². The summed E-state index contributed by atoms with van der Waals surface area (Å²) in [5, 5.41) is 12.0. The van der Waals surface area contributed by atoms with Crippen molar-refractivity contribution in [2.45, 2.75) is 0 Å². The smallest absolute Gasteiger partial charge is 0.172 e. The molecule has 0 spiro atoms. The van der Waals surface area contributed by atoms with Gasteiger partial charge in [0.1, 0.15) is 5.75 Å². The van der Waals surface area contributed by atoms with Crippen molar-refractivity contribution < 1.29 is 9.94 Å². The minimum absolute atomic E-state index is 0.0675. The highest BCUT2D eigenvalue weighted by atomic mass is 79.9. The van der Waals surface area contributed by atoms with Crippen LogP contribution >= 0.6 is 15.9 Å². The number of nitrogens with zero attached hydrogens (tertiary/aromatic N) is 2. The molecule has 0 bridgehead atoms. The molecule has 0 saturated carbocycles. The van der Waals surface area contributed by atoms with Gasteiger partial charge < -0.3 is 20.6 Å². The van der Waals surface area contributed by atoms with E-state index < -0.39 is 0 Å². The molecule has 0 atom stereocenters. The molecule has 0 aliphatic heterocycles. The van der Waals surface area contributed by atoms with Gasteiger partial charge in [0.2, 0.25) is 0 Å². The monoisotopic (exact) mass is 349 g/mol. The number of methoxy groups -OCH3 is 1. The fourth-order valence-corrected chi connectivity index (χ4v) is 2.35. The zero-order valence-corrected chi connectivity index (χ0v) is 13.3. The van der Waals surface area contributed by atoms with Gasteiger partial charge in [-0.25, -0.2) is 0 Å². The van der Waals surface area contributed by atoms with Gasteiger partial charge in [0.05, 0.1) is 12.8 Å². The Hall–Kier alpha value is -2.21. The summed E-state index contributed by atoms with van der Waals surface area (Å²) in [5.41, 5.74) is 8.18. The van der Waals surface area contributed by atoms with Crippen molar-refractivity contribution in [3.05, 3.63) is 52.5 Å². The summed E-state index contributed by atoms with van der Waals surface area (Å²) >= 11 is 3.44. The minimum atomic E-state index is 0.0675. The number of amidine groups is 1. The van der Waals surface area contributed by atoms with Crippen LogP contribution in [0.1, 0.15) is 5.56 Å². The summed E-state index contributed by atoms with van der Waals surface area (Å²) in [7, 11) is 3.54. The average molecular weight is 350 g/mol. The summed E-state index contributed by atoms with van der Waals surface area (Å²) in [5.74, 6) is 0.857. The van der Waals surface area contributed by atoms with E-state index in [1.165, 1.54) is 0 Å². The predicted molar refractivity (Wildman–Crippen MR) is 87.7 cm³/mol. The molecule has 2 aromatic rings. The molecule has 5 nitrogen and oxygen atoms in total. The maximum absolute atomic E-state index is 8.92. The molecule has 0 aromatic heterocycles. The van der Waals surface area contributed by atoms with Crippen LogP contribution in [-0.4, -0.2) is 25.2 Å². The van der Waals surface area contributed by atoms with Crippen LogP contribution in [0.5, 0.6) is 5.75 Å². The van der Waals surface area contributed by atoms with Gasteiger partial charge in [-0.05, 0) is 42.5 Å². The number of anilines is 2. The average Bonchev–Trinajstić information content (AvgIpc) is 2.53. The zero-order valence-electron chi connectivity index (χ0n) is 11.7. The second kappa shape index (κ2) is 6.49. The number of hydrogen-bond acceptors (Lipinski definition) is 4. The van der Waals surface area contributed by atoms with Crippen molar-refractivity contribution >= 4 is 33.1 Å². The highest BCUT2D eigenvalue weighted by molar-refractivity contribution is 9.10. The molecule has 0 aliphatic rings. The lowest BCUT2D eigenvalue weighted by molar-refractivity contribution is 0.318. The van der Waals surface area contributed by atoms with Crippen LogP contribution in [0, 0.1) is 0 Å². The molecule has 0 saturated heterocycles. The lowest BCUT2D eigenvalue weighted by Gasteiger charge is -2.22. The molecule has 2 rings (SSSR count). The largest absolute Gasteiger partial charge is 0.497 e. The molecule has 0 amide bonds. The third-order valence-electron chi connectivity index (χ3n) is 3.16. The van der Waals surface area contributed by atoms with Crippen LogP contribution in [-0.2, 0) is 0 Å². The first-order valence-electron chi connectivity index (χ1n) is 6.22. The summed E-state index contributed by atoms with van der Waals surface area (Å²) in [6.07, 6.45) is 0. The SMILES string of the molecule is COc1ccc(N(C)c2cc(Br)ccc2/C(N)=N/O)cc1. The molecule has 0 fully saturated rings. The van der Waals surface area contributed by atoms with Gasteiger partial charge in [-0.2, -0.15) is 0 Å². The van der Waals surface area contributed by atoms with E-state index >= 15 is 0 Å². The molecule has 21 heavy (non-hydrogen) atoms. The fraction of sp³-hybridized carbons (Fsp3) is 0.133. The van der Waals surface area contributed by atoms with Gasteiger partial charge in [0, 0.05) is 22.8 Å². The third kappa shape index (κ3) is 3.28. The maximum Gasteiger partial charge on any atom is 0.172 e. The van der Waals surface area contributed by atoms with Crippen LogP contribution in [0.3, 0.4) is 0 Å². The topological polar surface area (TPSA) is 71.1 Å². The summed E-state index contributed by atoms with van der Waals surface area (Å²) in [6.45, 7) is 0. The number of nitrogens with two attached hydrogens (primary N) is 1. The molecule has 6 heteroatoms. The Labute approximate surface area is 131 Å². The van der Waals surface area contributed by atoms with Gasteiger partial charge in [0.25, 0.3) is 0 Å². The Bertz CT molecular complexity index is 656. The van der Waals surface area contributed by atoms with Crippen molar-refractivity contribution in [3.63, 3.8) is 0 Å². The van der Waals surface area contributed by atoms with E-state index in [9.17, 15) is 0 Å². The van der Waals surface area contributed by atoms with E-state index in [4.69, 9.17) is 15.7 Å². The quantitative estimate of drug-likeness (QED) is 0.384. The van der Waals surface area contributed by atoms with Crippen molar-refractivity contribution in [1.82, 2.24) is 0 Å². The number of benzene rings is 2. The van der Waals surface area contributed by atoms with Crippen molar-refractivity contribution in [2.24, 2.45) is 10.9 Å². The van der Waals surface area contributed by atoms with Crippen molar-refractivity contribution in [3.8, 4) is 5.75 Å². The van der Waals surface area contributed by atoms with Crippen LogP contribution < -0.4 is 15.4 Å². The number of oxime groups is 1. The van der Waals surface area contributed by atoms with E-state index in [0.717, 1.165) is 21.6 Å².